The first-order valence-corrected chi connectivity index (χ1v) is 4.62. The van der Waals surface area contributed by atoms with Gasteiger partial charge in [0, 0.05) is 7.11 Å². The number of ketones is 1. The lowest BCUT2D eigenvalue weighted by Crippen LogP contribution is -2.04. The first kappa shape index (κ1) is 8.90. The molecule has 0 aromatic carbocycles. The Kier molecular flexibility index (Phi) is 3.23. The Morgan fingerprint density at radius 1 is 1.73 bits per heavy atom. The van der Waals surface area contributed by atoms with Gasteiger partial charge in [-0.1, -0.05) is 0 Å². The van der Waals surface area contributed by atoms with Crippen molar-refractivity contribution in [2.75, 3.05) is 13.7 Å². The molecule has 1 aromatic heterocycles. The number of rotatable bonds is 3. The molecule has 0 unspecified atom stereocenters. The zero-order valence-corrected chi connectivity index (χ0v) is 8.37. The molecule has 1 rings (SSSR count). The van der Waals surface area contributed by atoms with Crippen LogP contribution >= 0.6 is 27.3 Å². The molecule has 4 heteroatoms. The van der Waals surface area contributed by atoms with Gasteiger partial charge in [-0.05, 0) is 28.1 Å². The lowest BCUT2D eigenvalue weighted by molar-refractivity contribution is 0.0852. The van der Waals surface area contributed by atoms with Crippen molar-refractivity contribution in [2.45, 2.75) is 0 Å². The molecule has 1 aromatic rings. The van der Waals surface area contributed by atoms with Crippen molar-refractivity contribution in [3.05, 3.63) is 20.8 Å². The average molecular weight is 235 g/mol. The summed E-state index contributed by atoms with van der Waals surface area (Å²) in [5, 5.41) is 0. The molecule has 0 radical (unpaired) electrons. The largest absolute Gasteiger partial charge is 0.376 e. The van der Waals surface area contributed by atoms with E-state index in [9.17, 15) is 4.79 Å². The molecule has 11 heavy (non-hydrogen) atoms. The van der Waals surface area contributed by atoms with Crippen LogP contribution in [-0.2, 0) is 4.74 Å². The number of methoxy groups -OCH3 is 1. The summed E-state index contributed by atoms with van der Waals surface area (Å²) in [4.78, 5) is 11.9. The number of carbonyl (C=O) groups is 1. The second-order valence-electron chi connectivity index (χ2n) is 1.96. The molecule has 0 aliphatic heterocycles. The average Bonchev–Trinajstić information content (AvgIpc) is 2.36. The molecule has 0 atom stereocenters. The van der Waals surface area contributed by atoms with E-state index in [0.29, 0.717) is 0 Å². The maximum absolute atomic E-state index is 11.1. The number of Topliss-reactive ketones (excluding diaryl/α,β-unsaturated/α-hetero) is 1. The molecule has 2 nitrogen and oxygen atoms in total. The lowest BCUT2D eigenvalue weighted by Gasteiger charge is -1.92. The monoisotopic (exact) mass is 234 g/mol. The first-order chi connectivity index (χ1) is 5.24. The van der Waals surface area contributed by atoms with Gasteiger partial charge in [0.1, 0.15) is 6.61 Å². The van der Waals surface area contributed by atoms with Crippen molar-refractivity contribution in [1.82, 2.24) is 0 Å². The third-order valence-corrected chi connectivity index (χ3v) is 2.79. The van der Waals surface area contributed by atoms with E-state index in [0.717, 1.165) is 8.66 Å². The van der Waals surface area contributed by atoms with Crippen LogP contribution in [-0.4, -0.2) is 19.5 Å². The number of hydrogen-bond donors (Lipinski definition) is 0. The van der Waals surface area contributed by atoms with Crippen molar-refractivity contribution < 1.29 is 9.53 Å². The summed E-state index contributed by atoms with van der Waals surface area (Å²) >= 11 is 4.70. The number of halogens is 1. The molecule has 0 N–H and O–H groups in total. The predicted molar refractivity (Wildman–Crippen MR) is 48.2 cm³/mol. The molecular weight excluding hydrogens is 228 g/mol. The zero-order chi connectivity index (χ0) is 8.27. The fraction of sp³-hybridized carbons (Fsp3) is 0.286. The van der Waals surface area contributed by atoms with E-state index in [1.807, 2.05) is 6.07 Å². The highest BCUT2D eigenvalue weighted by atomic mass is 79.9. The van der Waals surface area contributed by atoms with Crippen LogP contribution < -0.4 is 0 Å². The third kappa shape index (κ3) is 2.39. The summed E-state index contributed by atoms with van der Waals surface area (Å²) < 4.78 is 5.68. The van der Waals surface area contributed by atoms with Crippen LogP contribution in [0.2, 0.25) is 0 Å². The van der Waals surface area contributed by atoms with Gasteiger partial charge in [0.15, 0.2) is 5.78 Å². The van der Waals surface area contributed by atoms with Crippen LogP contribution in [0.4, 0.5) is 0 Å². The Morgan fingerprint density at radius 2 is 2.45 bits per heavy atom. The summed E-state index contributed by atoms with van der Waals surface area (Å²) in [6, 6.07) is 3.64. The summed E-state index contributed by atoms with van der Waals surface area (Å²) in [5.74, 6) is 0.0307. The Bertz CT molecular complexity index is 257. The van der Waals surface area contributed by atoms with E-state index in [2.05, 4.69) is 15.9 Å². The van der Waals surface area contributed by atoms with Crippen molar-refractivity contribution in [1.29, 1.82) is 0 Å². The van der Waals surface area contributed by atoms with Crippen LogP contribution in [0.3, 0.4) is 0 Å². The van der Waals surface area contributed by atoms with Crippen molar-refractivity contribution in [2.24, 2.45) is 0 Å². The molecular formula is C7H7BrO2S. The SMILES string of the molecule is COCC(=O)c1ccc(Br)s1. The molecule has 0 aliphatic rings. The Balaban J connectivity index is 2.69. The third-order valence-electron chi connectivity index (χ3n) is 1.12. The second kappa shape index (κ2) is 3.99. The fourth-order valence-electron chi connectivity index (χ4n) is 0.666. The first-order valence-electron chi connectivity index (χ1n) is 3.01. The standard InChI is InChI=1S/C7H7BrO2S/c1-10-4-5(9)6-2-3-7(8)11-6/h2-3H,4H2,1H3. The number of carbonyl (C=O) groups excluding carboxylic acids is 1. The van der Waals surface area contributed by atoms with Gasteiger partial charge >= 0.3 is 0 Å². The Hall–Kier alpha value is -0.190. The molecule has 0 fully saturated rings. The molecule has 60 valence electrons. The summed E-state index contributed by atoms with van der Waals surface area (Å²) in [7, 11) is 1.51. The minimum atomic E-state index is 0.0307. The van der Waals surface area contributed by atoms with E-state index in [4.69, 9.17) is 4.74 Å². The van der Waals surface area contributed by atoms with E-state index >= 15 is 0 Å². The van der Waals surface area contributed by atoms with E-state index in [1.165, 1.54) is 18.4 Å². The van der Waals surface area contributed by atoms with Gasteiger partial charge in [-0.3, -0.25) is 4.79 Å². The molecule has 0 aliphatic carbocycles. The minimum absolute atomic E-state index is 0.0307. The second-order valence-corrected chi connectivity index (χ2v) is 4.42. The molecule has 0 spiro atoms. The van der Waals surface area contributed by atoms with Gasteiger partial charge in [-0.25, -0.2) is 0 Å². The van der Waals surface area contributed by atoms with Gasteiger partial charge < -0.3 is 4.74 Å². The zero-order valence-electron chi connectivity index (χ0n) is 5.96. The topological polar surface area (TPSA) is 26.3 Å². The molecule has 0 saturated heterocycles. The maximum atomic E-state index is 11.1. The highest BCUT2D eigenvalue weighted by Crippen LogP contribution is 2.22. The van der Waals surface area contributed by atoms with Gasteiger partial charge in [0.25, 0.3) is 0 Å². The van der Waals surface area contributed by atoms with E-state index in [-0.39, 0.29) is 12.4 Å². The van der Waals surface area contributed by atoms with Gasteiger partial charge in [-0.2, -0.15) is 0 Å². The molecule has 0 bridgehead atoms. The number of thiophene rings is 1. The van der Waals surface area contributed by atoms with Crippen LogP contribution in [0.25, 0.3) is 0 Å². The van der Waals surface area contributed by atoms with Crippen molar-refractivity contribution in [3.8, 4) is 0 Å². The van der Waals surface area contributed by atoms with Crippen molar-refractivity contribution in [3.63, 3.8) is 0 Å². The number of hydrogen-bond acceptors (Lipinski definition) is 3. The van der Waals surface area contributed by atoms with Crippen LogP contribution in [0.5, 0.6) is 0 Å². The summed E-state index contributed by atoms with van der Waals surface area (Å²) in [5.41, 5.74) is 0. The normalized spacial score (nSPS) is 10.0. The van der Waals surface area contributed by atoms with Crippen LogP contribution in [0.15, 0.2) is 15.9 Å². The van der Waals surface area contributed by atoms with E-state index < -0.39 is 0 Å². The van der Waals surface area contributed by atoms with Gasteiger partial charge in [0.05, 0.1) is 8.66 Å². The van der Waals surface area contributed by atoms with Gasteiger partial charge in [0.2, 0.25) is 0 Å². The molecule has 0 saturated carbocycles. The number of ether oxygens (including phenoxy) is 1. The quantitative estimate of drug-likeness (QED) is 0.751. The van der Waals surface area contributed by atoms with Gasteiger partial charge in [-0.15, -0.1) is 11.3 Å². The highest BCUT2D eigenvalue weighted by Gasteiger charge is 2.06. The Morgan fingerprint density at radius 3 is 2.91 bits per heavy atom. The fourth-order valence-corrected chi connectivity index (χ4v) is 1.98. The molecule has 1 heterocycles. The van der Waals surface area contributed by atoms with E-state index in [1.54, 1.807) is 6.07 Å². The smallest absolute Gasteiger partial charge is 0.198 e. The highest BCUT2D eigenvalue weighted by molar-refractivity contribution is 9.11. The minimum Gasteiger partial charge on any atom is -0.376 e. The molecule has 0 amide bonds. The maximum Gasteiger partial charge on any atom is 0.198 e. The Labute approximate surface area is 77.3 Å². The predicted octanol–water partition coefficient (Wildman–Crippen LogP) is 2.34. The van der Waals surface area contributed by atoms with Crippen molar-refractivity contribution >= 4 is 33.0 Å². The lowest BCUT2D eigenvalue weighted by atomic mass is 10.3. The van der Waals surface area contributed by atoms with Crippen LogP contribution in [0, 0.1) is 0 Å². The van der Waals surface area contributed by atoms with Crippen LogP contribution in [0.1, 0.15) is 9.67 Å². The summed E-state index contributed by atoms with van der Waals surface area (Å²) in [6.45, 7) is 0.160. The summed E-state index contributed by atoms with van der Waals surface area (Å²) in [6.07, 6.45) is 0.